The molecule has 3 rings (SSSR count). The van der Waals surface area contributed by atoms with Crippen LogP contribution in [-0.4, -0.2) is 45.9 Å². The summed E-state index contributed by atoms with van der Waals surface area (Å²) in [5, 5.41) is 0. The molecule has 2 N–H and O–H groups in total. The van der Waals surface area contributed by atoms with Crippen LogP contribution in [0, 0.1) is 0 Å². The maximum atomic E-state index is 12.2. The zero-order valence-electron chi connectivity index (χ0n) is 13.4. The summed E-state index contributed by atoms with van der Waals surface area (Å²) in [6.07, 6.45) is 3.35. The fourth-order valence-electron chi connectivity index (χ4n) is 3.03. The van der Waals surface area contributed by atoms with E-state index in [1.54, 1.807) is 22.8 Å². The van der Waals surface area contributed by atoms with E-state index in [1.807, 2.05) is 0 Å². The van der Waals surface area contributed by atoms with Gasteiger partial charge in [0.05, 0.1) is 17.2 Å². The molecule has 2 heterocycles. The summed E-state index contributed by atoms with van der Waals surface area (Å²) in [4.78, 5) is 30.3. The van der Waals surface area contributed by atoms with Gasteiger partial charge in [0, 0.05) is 24.7 Å². The molecule has 0 radical (unpaired) electrons. The van der Waals surface area contributed by atoms with Gasteiger partial charge in [-0.2, -0.15) is 0 Å². The smallest absolute Gasteiger partial charge is 0.269 e. The van der Waals surface area contributed by atoms with Gasteiger partial charge in [-0.25, -0.2) is 4.98 Å². The topological polar surface area (TPSA) is 81.2 Å². The Morgan fingerprint density at radius 1 is 1.30 bits per heavy atom. The summed E-state index contributed by atoms with van der Waals surface area (Å²) < 4.78 is 1.71. The van der Waals surface area contributed by atoms with Crippen molar-refractivity contribution in [2.45, 2.75) is 32.4 Å². The van der Waals surface area contributed by atoms with Crippen LogP contribution in [0.5, 0.6) is 0 Å². The number of nitrogens with zero attached hydrogens (tertiary/aromatic N) is 3. The van der Waals surface area contributed by atoms with Crippen LogP contribution in [0.4, 0.5) is 0 Å². The first kappa shape index (κ1) is 15.8. The van der Waals surface area contributed by atoms with Crippen molar-refractivity contribution in [3.8, 4) is 0 Å². The number of ketones is 1. The fourth-order valence-corrected chi connectivity index (χ4v) is 3.03. The molecule has 0 aliphatic carbocycles. The van der Waals surface area contributed by atoms with E-state index < -0.39 is 0 Å². The predicted molar refractivity (Wildman–Crippen MR) is 89.7 cm³/mol. The van der Waals surface area contributed by atoms with Crippen LogP contribution >= 0.6 is 0 Å². The van der Waals surface area contributed by atoms with Gasteiger partial charge in [0.15, 0.2) is 5.78 Å². The number of rotatable bonds is 4. The minimum absolute atomic E-state index is 0.0141. The molecule has 23 heavy (non-hydrogen) atoms. The molecule has 0 unspecified atom stereocenters. The lowest BCUT2D eigenvalue weighted by atomic mass is 10.1. The van der Waals surface area contributed by atoms with E-state index in [0.717, 1.165) is 43.5 Å². The van der Waals surface area contributed by atoms with Crippen LogP contribution in [0.3, 0.4) is 0 Å². The molecule has 1 aliphatic rings. The van der Waals surface area contributed by atoms with Gasteiger partial charge in [0.1, 0.15) is 0 Å². The Hall–Kier alpha value is -2.05. The lowest BCUT2D eigenvalue weighted by Crippen LogP contribution is -2.41. The Bertz CT molecular complexity index is 776. The maximum Gasteiger partial charge on any atom is 0.269 e. The lowest BCUT2D eigenvalue weighted by Gasteiger charge is -2.30. The van der Waals surface area contributed by atoms with Crippen molar-refractivity contribution in [1.29, 1.82) is 0 Å². The van der Waals surface area contributed by atoms with Gasteiger partial charge in [0.25, 0.3) is 5.56 Å². The van der Waals surface area contributed by atoms with Gasteiger partial charge >= 0.3 is 0 Å². The monoisotopic (exact) mass is 314 g/mol. The minimum Gasteiger partial charge on any atom is -0.328 e. The highest BCUT2D eigenvalue weighted by Crippen LogP contribution is 2.14. The molecule has 6 heteroatoms. The quantitative estimate of drug-likeness (QED) is 0.852. The van der Waals surface area contributed by atoms with Gasteiger partial charge in [-0.3, -0.25) is 9.59 Å². The number of hydrogen-bond donors (Lipinski definition) is 1. The fraction of sp³-hybridized carbons (Fsp3) is 0.471. The molecule has 1 aliphatic heterocycles. The number of carbonyl (C=O) groups excluding carboxylic acids is 1. The molecular formula is C17H22N4O2. The van der Waals surface area contributed by atoms with Crippen LogP contribution in [0.1, 0.15) is 30.1 Å². The highest BCUT2D eigenvalue weighted by Gasteiger charge is 2.16. The molecule has 0 saturated carbocycles. The number of hydrogen-bond acceptors (Lipinski definition) is 5. The van der Waals surface area contributed by atoms with Crippen molar-refractivity contribution in [3.05, 3.63) is 40.3 Å². The third-order valence-electron chi connectivity index (χ3n) is 4.52. The molecule has 1 aromatic carbocycles. The van der Waals surface area contributed by atoms with E-state index in [1.165, 1.54) is 13.1 Å². The molecular weight excluding hydrogens is 292 g/mol. The summed E-state index contributed by atoms with van der Waals surface area (Å²) in [5.41, 5.74) is 7.85. The molecule has 122 valence electrons. The molecule has 1 saturated heterocycles. The highest BCUT2D eigenvalue weighted by molar-refractivity contribution is 5.97. The summed E-state index contributed by atoms with van der Waals surface area (Å²) >= 11 is 0. The predicted octanol–water partition coefficient (Wildman–Crippen LogP) is 1.02. The average molecular weight is 314 g/mol. The molecule has 0 atom stereocenters. The molecule has 1 aromatic heterocycles. The van der Waals surface area contributed by atoms with Crippen LogP contribution in [-0.2, 0) is 6.54 Å². The minimum atomic E-state index is -0.132. The SMILES string of the molecule is CC(=O)c1ccc2ncc(=O)n(CCN3CCC(N)CC3)c2c1. The Balaban J connectivity index is 1.86. The number of carbonyl (C=O) groups is 1. The summed E-state index contributed by atoms with van der Waals surface area (Å²) in [5.74, 6) is -0.0141. The van der Waals surface area contributed by atoms with Crippen LogP contribution in [0.15, 0.2) is 29.2 Å². The van der Waals surface area contributed by atoms with Gasteiger partial charge in [-0.1, -0.05) is 0 Å². The lowest BCUT2D eigenvalue weighted by molar-refractivity contribution is 0.101. The number of aromatic nitrogens is 2. The van der Waals surface area contributed by atoms with E-state index in [9.17, 15) is 9.59 Å². The van der Waals surface area contributed by atoms with E-state index in [4.69, 9.17) is 5.73 Å². The third-order valence-corrected chi connectivity index (χ3v) is 4.52. The van der Waals surface area contributed by atoms with Crippen molar-refractivity contribution in [2.24, 2.45) is 5.73 Å². The zero-order valence-corrected chi connectivity index (χ0v) is 13.4. The first-order chi connectivity index (χ1) is 11.0. The number of likely N-dealkylation sites (tertiary alicyclic amines) is 1. The molecule has 2 aromatic rings. The Labute approximate surface area is 134 Å². The van der Waals surface area contributed by atoms with Gasteiger partial charge in [-0.15, -0.1) is 0 Å². The Kier molecular flexibility index (Phi) is 4.54. The molecule has 0 amide bonds. The van der Waals surface area contributed by atoms with Gasteiger partial charge in [0.2, 0.25) is 0 Å². The third kappa shape index (κ3) is 3.48. The van der Waals surface area contributed by atoms with Crippen molar-refractivity contribution in [2.75, 3.05) is 19.6 Å². The van der Waals surface area contributed by atoms with Gasteiger partial charge in [-0.05, 0) is 51.1 Å². The zero-order chi connectivity index (χ0) is 16.4. The van der Waals surface area contributed by atoms with E-state index in [0.29, 0.717) is 18.2 Å². The van der Waals surface area contributed by atoms with Crippen molar-refractivity contribution in [1.82, 2.24) is 14.5 Å². The first-order valence-corrected chi connectivity index (χ1v) is 8.03. The van der Waals surface area contributed by atoms with Crippen molar-refractivity contribution in [3.63, 3.8) is 0 Å². The van der Waals surface area contributed by atoms with E-state index in [2.05, 4.69) is 9.88 Å². The van der Waals surface area contributed by atoms with E-state index in [-0.39, 0.29) is 11.3 Å². The molecule has 1 fully saturated rings. The second kappa shape index (κ2) is 6.60. The summed E-state index contributed by atoms with van der Waals surface area (Å²) in [6.45, 7) is 4.86. The molecule has 0 bridgehead atoms. The molecule has 6 nitrogen and oxygen atoms in total. The van der Waals surface area contributed by atoms with Crippen LogP contribution in [0.25, 0.3) is 11.0 Å². The largest absolute Gasteiger partial charge is 0.328 e. The van der Waals surface area contributed by atoms with Crippen LogP contribution < -0.4 is 11.3 Å². The van der Waals surface area contributed by atoms with Crippen molar-refractivity contribution < 1.29 is 4.79 Å². The number of piperidine rings is 1. The number of Topliss-reactive ketones (excluding diaryl/α,β-unsaturated/α-hetero) is 1. The van der Waals surface area contributed by atoms with Crippen molar-refractivity contribution >= 4 is 16.8 Å². The first-order valence-electron chi connectivity index (χ1n) is 8.03. The maximum absolute atomic E-state index is 12.2. The second-order valence-corrected chi connectivity index (χ2v) is 6.19. The normalized spacial score (nSPS) is 16.8. The Morgan fingerprint density at radius 2 is 2.04 bits per heavy atom. The summed E-state index contributed by atoms with van der Waals surface area (Å²) in [7, 11) is 0. The van der Waals surface area contributed by atoms with Gasteiger partial charge < -0.3 is 15.2 Å². The molecule has 0 spiro atoms. The van der Waals surface area contributed by atoms with E-state index >= 15 is 0 Å². The number of benzene rings is 1. The summed E-state index contributed by atoms with van der Waals surface area (Å²) in [6, 6.07) is 5.60. The number of fused-ring (bicyclic) bond motifs is 1. The highest BCUT2D eigenvalue weighted by atomic mass is 16.1. The standard InChI is InChI=1S/C17H22N4O2/c1-12(22)13-2-3-15-16(10-13)21(17(23)11-19-15)9-8-20-6-4-14(18)5-7-20/h2-3,10-11,14H,4-9,18H2,1H3. The Morgan fingerprint density at radius 3 is 2.74 bits per heavy atom. The number of nitrogens with two attached hydrogens (primary N) is 1. The second-order valence-electron chi connectivity index (χ2n) is 6.19. The average Bonchev–Trinajstić information content (AvgIpc) is 2.55. The van der Waals surface area contributed by atoms with Crippen LogP contribution in [0.2, 0.25) is 0 Å².